The van der Waals surface area contributed by atoms with E-state index in [1.165, 1.54) is 17.7 Å². The maximum atomic E-state index is 12.0. The Morgan fingerprint density at radius 1 is 1.59 bits per heavy atom. The van der Waals surface area contributed by atoms with E-state index in [9.17, 15) is 9.59 Å². The molecule has 0 radical (unpaired) electrons. The Labute approximate surface area is 101 Å². The summed E-state index contributed by atoms with van der Waals surface area (Å²) in [6.45, 7) is 1.79. The number of aromatic nitrogens is 2. The summed E-state index contributed by atoms with van der Waals surface area (Å²) < 4.78 is 0. The summed E-state index contributed by atoms with van der Waals surface area (Å²) in [4.78, 5) is 31.4. The Balaban J connectivity index is 2.10. The third-order valence-corrected chi connectivity index (χ3v) is 4.05. The average Bonchev–Trinajstić information content (AvgIpc) is 3.02. The fraction of sp³-hybridized carbons (Fsp3) is 0.364. The van der Waals surface area contributed by atoms with Crippen LogP contribution in [0.5, 0.6) is 0 Å². The Kier molecular flexibility index (Phi) is 2.25. The Morgan fingerprint density at radius 3 is 3.00 bits per heavy atom. The molecule has 17 heavy (non-hydrogen) atoms. The van der Waals surface area contributed by atoms with Crippen molar-refractivity contribution in [3.8, 4) is 0 Å². The van der Waals surface area contributed by atoms with Crippen LogP contribution in [0.2, 0.25) is 0 Å². The number of nitrogens with one attached hydrogen (secondary N) is 2. The number of aryl methyl sites for hydroxylation is 1. The molecule has 3 rings (SSSR count). The molecule has 1 saturated carbocycles. The number of hydrogen-bond acceptors (Lipinski definition) is 4. The molecule has 5 nitrogen and oxygen atoms in total. The van der Waals surface area contributed by atoms with E-state index < -0.39 is 0 Å². The fourth-order valence-electron chi connectivity index (χ4n) is 1.77. The number of hydrogen-bond donors (Lipinski definition) is 2. The first-order valence-electron chi connectivity index (χ1n) is 5.44. The summed E-state index contributed by atoms with van der Waals surface area (Å²) in [5, 5.41) is 3.45. The number of carbonyl (C=O) groups excluding carboxylic acids is 1. The first kappa shape index (κ1) is 10.5. The van der Waals surface area contributed by atoms with Crippen molar-refractivity contribution in [1.82, 2.24) is 15.3 Å². The molecule has 2 heterocycles. The van der Waals surface area contributed by atoms with Crippen LogP contribution in [0.25, 0.3) is 10.2 Å². The standard InChI is InChI=1S/C11H11N3O2S/c1-5-7-9(15)12-4-13-11(7)17-8(5)10(16)14-6-2-3-6/h4,6H,2-3H2,1H3,(H,14,16)(H,12,13,15). The highest BCUT2D eigenvalue weighted by atomic mass is 32.1. The summed E-state index contributed by atoms with van der Waals surface area (Å²) in [6, 6.07) is 0.318. The number of rotatable bonds is 2. The van der Waals surface area contributed by atoms with Gasteiger partial charge in [-0.15, -0.1) is 11.3 Å². The minimum Gasteiger partial charge on any atom is -0.349 e. The van der Waals surface area contributed by atoms with E-state index in [1.54, 1.807) is 6.92 Å². The van der Waals surface area contributed by atoms with E-state index >= 15 is 0 Å². The minimum absolute atomic E-state index is 0.0904. The number of carbonyl (C=O) groups is 1. The third kappa shape index (κ3) is 1.74. The molecule has 1 aliphatic rings. The SMILES string of the molecule is Cc1c(C(=O)NC2CC2)sc2nc[nH]c(=O)c12. The zero-order valence-corrected chi connectivity index (χ0v) is 10.1. The summed E-state index contributed by atoms with van der Waals surface area (Å²) in [6.07, 6.45) is 3.46. The van der Waals surface area contributed by atoms with Crippen LogP contribution in [0.15, 0.2) is 11.1 Å². The van der Waals surface area contributed by atoms with E-state index in [-0.39, 0.29) is 11.5 Å². The fourth-order valence-corrected chi connectivity index (χ4v) is 2.83. The second-order valence-corrected chi connectivity index (χ2v) is 5.21. The molecule has 6 heteroatoms. The van der Waals surface area contributed by atoms with Crippen molar-refractivity contribution in [2.45, 2.75) is 25.8 Å². The van der Waals surface area contributed by atoms with Gasteiger partial charge in [0.1, 0.15) is 4.83 Å². The topological polar surface area (TPSA) is 74.8 Å². The van der Waals surface area contributed by atoms with Gasteiger partial charge in [-0.1, -0.05) is 0 Å². The summed E-state index contributed by atoms with van der Waals surface area (Å²) in [7, 11) is 0. The van der Waals surface area contributed by atoms with Crippen LogP contribution in [-0.2, 0) is 0 Å². The van der Waals surface area contributed by atoms with Gasteiger partial charge in [0.15, 0.2) is 0 Å². The molecule has 88 valence electrons. The maximum absolute atomic E-state index is 12.0. The molecule has 1 amide bonds. The van der Waals surface area contributed by atoms with Crippen molar-refractivity contribution in [3.63, 3.8) is 0 Å². The van der Waals surface area contributed by atoms with Crippen LogP contribution in [0, 0.1) is 6.92 Å². The van der Waals surface area contributed by atoms with Crippen molar-refractivity contribution >= 4 is 27.5 Å². The quantitative estimate of drug-likeness (QED) is 0.839. The van der Waals surface area contributed by atoms with Gasteiger partial charge in [-0.25, -0.2) is 4.98 Å². The van der Waals surface area contributed by atoms with Crippen molar-refractivity contribution in [2.75, 3.05) is 0 Å². The molecule has 2 aromatic rings. The molecule has 0 unspecified atom stereocenters. The van der Waals surface area contributed by atoms with Crippen LogP contribution >= 0.6 is 11.3 Å². The van der Waals surface area contributed by atoms with Crippen LogP contribution < -0.4 is 10.9 Å². The van der Waals surface area contributed by atoms with Gasteiger partial charge in [-0.05, 0) is 25.3 Å². The van der Waals surface area contributed by atoms with Gasteiger partial charge < -0.3 is 10.3 Å². The van der Waals surface area contributed by atoms with Crippen molar-refractivity contribution < 1.29 is 4.79 Å². The highest BCUT2D eigenvalue weighted by Crippen LogP contribution is 2.27. The molecule has 0 atom stereocenters. The molecular weight excluding hydrogens is 238 g/mol. The lowest BCUT2D eigenvalue weighted by Gasteiger charge is -2.00. The lowest BCUT2D eigenvalue weighted by atomic mass is 10.2. The molecular formula is C11H11N3O2S. The van der Waals surface area contributed by atoms with Gasteiger partial charge in [-0.3, -0.25) is 9.59 Å². The minimum atomic E-state index is -0.186. The van der Waals surface area contributed by atoms with Gasteiger partial charge in [-0.2, -0.15) is 0 Å². The van der Waals surface area contributed by atoms with Crippen molar-refractivity contribution in [2.24, 2.45) is 0 Å². The molecule has 1 aliphatic carbocycles. The van der Waals surface area contributed by atoms with Gasteiger partial charge in [0.05, 0.1) is 16.6 Å². The van der Waals surface area contributed by atoms with Crippen LogP contribution in [0.3, 0.4) is 0 Å². The summed E-state index contributed by atoms with van der Waals surface area (Å²) in [5.74, 6) is -0.0904. The number of aromatic amines is 1. The molecule has 2 N–H and O–H groups in total. The Hall–Kier alpha value is -1.69. The first-order chi connectivity index (χ1) is 8.16. The van der Waals surface area contributed by atoms with E-state index in [1.807, 2.05) is 0 Å². The molecule has 0 bridgehead atoms. The van der Waals surface area contributed by atoms with Gasteiger partial charge in [0, 0.05) is 6.04 Å². The van der Waals surface area contributed by atoms with E-state index in [4.69, 9.17) is 0 Å². The monoisotopic (exact) mass is 249 g/mol. The highest BCUT2D eigenvalue weighted by molar-refractivity contribution is 7.20. The van der Waals surface area contributed by atoms with Gasteiger partial charge in [0.25, 0.3) is 11.5 Å². The molecule has 0 saturated heterocycles. The van der Waals surface area contributed by atoms with Crippen LogP contribution in [-0.4, -0.2) is 21.9 Å². The van der Waals surface area contributed by atoms with Crippen LogP contribution in [0.1, 0.15) is 28.1 Å². The number of nitrogens with zero attached hydrogens (tertiary/aromatic N) is 1. The van der Waals surface area contributed by atoms with Gasteiger partial charge >= 0.3 is 0 Å². The first-order valence-corrected chi connectivity index (χ1v) is 6.26. The Bertz CT molecular complexity index is 654. The van der Waals surface area contributed by atoms with Gasteiger partial charge in [0.2, 0.25) is 0 Å². The molecule has 0 spiro atoms. The van der Waals surface area contributed by atoms with E-state index in [2.05, 4.69) is 15.3 Å². The summed E-state index contributed by atoms with van der Waals surface area (Å²) >= 11 is 1.27. The van der Waals surface area contributed by atoms with Crippen molar-refractivity contribution in [3.05, 3.63) is 27.1 Å². The molecule has 2 aromatic heterocycles. The molecule has 0 aliphatic heterocycles. The third-order valence-electron chi connectivity index (χ3n) is 2.85. The zero-order valence-electron chi connectivity index (χ0n) is 9.24. The predicted molar refractivity (Wildman–Crippen MR) is 65.5 cm³/mol. The smallest absolute Gasteiger partial charge is 0.261 e. The van der Waals surface area contributed by atoms with E-state index in [0.717, 1.165) is 18.4 Å². The second-order valence-electron chi connectivity index (χ2n) is 4.22. The molecule has 0 aromatic carbocycles. The summed E-state index contributed by atoms with van der Waals surface area (Å²) in [5.41, 5.74) is 0.534. The number of thiophene rings is 1. The Morgan fingerprint density at radius 2 is 2.35 bits per heavy atom. The van der Waals surface area contributed by atoms with Crippen LogP contribution in [0.4, 0.5) is 0 Å². The highest BCUT2D eigenvalue weighted by Gasteiger charge is 2.26. The normalized spacial score (nSPS) is 15.1. The largest absolute Gasteiger partial charge is 0.349 e. The number of amides is 1. The van der Waals surface area contributed by atoms with E-state index in [0.29, 0.717) is 21.1 Å². The average molecular weight is 249 g/mol. The zero-order chi connectivity index (χ0) is 12.0. The number of H-pyrrole nitrogens is 1. The predicted octanol–water partition coefficient (Wildman–Crippen LogP) is 1.19. The van der Waals surface area contributed by atoms with Crippen molar-refractivity contribution in [1.29, 1.82) is 0 Å². The second kappa shape index (κ2) is 3.66. The lowest BCUT2D eigenvalue weighted by Crippen LogP contribution is -2.25. The molecule has 1 fully saturated rings. The number of fused-ring (bicyclic) bond motifs is 1. The maximum Gasteiger partial charge on any atom is 0.261 e. The lowest BCUT2D eigenvalue weighted by molar-refractivity contribution is 0.0954.